The van der Waals surface area contributed by atoms with E-state index in [0.29, 0.717) is 35.6 Å². The normalized spacial score (nSPS) is 20.9. The second-order valence-electron chi connectivity index (χ2n) is 8.34. The van der Waals surface area contributed by atoms with E-state index in [9.17, 15) is 9.59 Å². The van der Waals surface area contributed by atoms with E-state index >= 15 is 0 Å². The van der Waals surface area contributed by atoms with Gasteiger partial charge in [0, 0.05) is 36.4 Å². The fraction of sp³-hybridized carbons (Fsp3) is 0.478. The molecule has 0 fully saturated rings. The first-order valence-corrected chi connectivity index (χ1v) is 9.81. The van der Waals surface area contributed by atoms with Crippen LogP contribution in [0.2, 0.25) is 0 Å². The van der Waals surface area contributed by atoms with Gasteiger partial charge in [-0.15, -0.1) is 0 Å². The number of ether oxygens (including phenoxy) is 3. The van der Waals surface area contributed by atoms with Crippen molar-refractivity contribution in [1.29, 1.82) is 0 Å². The third kappa shape index (κ3) is 4.37. The molecule has 0 amide bonds. The summed E-state index contributed by atoms with van der Waals surface area (Å²) in [6, 6.07) is 7.52. The molecule has 0 saturated heterocycles. The summed E-state index contributed by atoms with van der Waals surface area (Å²) in [5, 5.41) is 3.33. The highest BCUT2D eigenvalue weighted by Gasteiger charge is 2.43. The maximum atomic E-state index is 13.2. The fourth-order valence-corrected chi connectivity index (χ4v) is 4.16. The van der Waals surface area contributed by atoms with Crippen molar-refractivity contribution in [2.45, 2.75) is 39.5 Å². The monoisotopic (exact) mass is 399 g/mol. The summed E-state index contributed by atoms with van der Waals surface area (Å²) < 4.78 is 15.8. The predicted molar refractivity (Wildman–Crippen MR) is 109 cm³/mol. The van der Waals surface area contributed by atoms with Gasteiger partial charge in [0.2, 0.25) is 0 Å². The van der Waals surface area contributed by atoms with Crippen molar-refractivity contribution < 1.29 is 23.8 Å². The number of ketones is 1. The van der Waals surface area contributed by atoms with Crippen LogP contribution in [0.1, 0.15) is 45.1 Å². The number of rotatable bonds is 6. The van der Waals surface area contributed by atoms with Crippen LogP contribution in [-0.2, 0) is 19.1 Å². The Kier molecular flexibility index (Phi) is 6.13. The molecule has 0 bridgehead atoms. The number of benzene rings is 1. The van der Waals surface area contributed by atoms with Crippen LogP contribution in [-0.4, -0.2) is 39.2 Å². The summed E-state index contributed by atoms with van der Waals surface area (Å²) in [6.07, 6.45) is 1.19. The highest BCUT2D eigenvalue weighted by molar-refractivity contribution is 6.04. The first-order chi connectivity index (χ1) is 13.8. The first-order valence-electron chi connectivity index (χ1n) is 9.81. The van der Waals surface area contributed by atoms with E-state index in [2.05, 4.69) is 19.2 Å². The van der Waals surface area contributed by atoms with E-state index in [1.54, 1.807) is 14.2 Å². The van der Waals surface area contributed by atoms with Crippen LogP contribution in [0, 0.1) is 5.41 Å². The Bertz CT molecular complexity index is 881. The van der Waals surface area contributed by atoms with Gasteiger partial charge in [-0.3, -0.25) is 4.79 Å². The van der Waals surface area contributed by atoms with Gasteiger partial charge in [-0.25, -0.2) is 4.79 Å². The molecular formula is C23H29NO5. The number of Topliss-reactive ketones (excluding diaryl/α,β-unsaturated/α-hetero) is 1. The van der Waals surface area contributed by atoms with E-state index in [1.807, 2.05) is 31.2 Å². The Morgan fingerprint density at radius 3 is 2.66 bits per heavy atom. The average Bonchev–Trinajstić information content (AvgIpc) is 2.66. The number of hydrogen-bond donors (Lipinski definition) is 1. The number of allylic oxidation sites excluding steroid dienone is 3. The number of methoxy groups -OCH3 is 2. The molecule has 2 aliphatic rings. The van der Waals surface area contributed by atoms with Crippen LogP contribution in [0.25, 0.3) is 0 Å². The van der Waals surface area contributed by atoms with Gasteiger partial charge in [-0.1, -0.05) is 26.0 Å². The third-order valence-corrected chi connectivity index (χ3v) is 5.41. The second-order valence-corrected chi connectivity index (χ2v) is 8.34. The molecule has 6 heteroatoms. The van der Waals surface area contributed by atoms with Crippen molar-refractivity contribution in [3.63, 3.8) is 0 Å². The molecule has 1 aromatic rings. The van der Waals surface area contributed by atoms with E-state index in [-0.39, 0.29) is 17.8 Å². The summed E-state index contributed by atoms with van der Waals surface area (Å²) in [6.45, 7) is 6.51. The van der Waals surface area contributed by atoms with Crippen LogP contribution in [0.3, 0.4) is 0 Å². The SMILES string of the molecule is COCCOC(=O)C1=C(C)NC2=C(C(=O)CC(C)(C)C2)[C@H]1c1cccc(OC)c1. The van der Waals surface area contributed by atoms with E-state index in [4.69, 9.17) is 14.2 Å². The largest absolute Gasteiger partial charge is 0.497 e. The van der Waals surface area contributed by atoms with Crippen molar-refractivity contribution >= 4 is 11.8 Å². The minimum absolute atomic E-state index is 0.0614. The zero-order valence-electron chi connectivity index (χ0n) is 17.8. The Hall–Kier alpha value is -2.60. The molecule has 3 rings (SSSR count). The number of carbonyl (C=O) groups is 2. The number of nitrogens with one attached hydrogen (secondary N) is 1. The maximum Gasteiger partial charge on any atom is 0.336 e. The quantitative estimate of drug-likeness (QED) is 0.583. The van der Waals surface area contributed by atoms with E-state index in [0.717, 1.165) is 17.7 Å². The summed E-state index contributed by atoms with van der Waals surface area (Å²) in [5.74, 6) is -0.188. The number of carbonyl (C=O) groups excluding carboxylic acids is 2. The van der Waals surface area contributed by atoms with Crippen molar-refractivity contribution in [2.24, 2.45) is 5.41 Å². The predicted octanol–water partition coefficient (Wildman–Crippen LogP) is 3.49. The van der Waals surface area contributed by atoms with Crippen molar-refractivity contribution in [3.05, 3.63) is 52.4 Å². The van der Waals surface area contributed by atoms with E-state index in [1.165, 1.54) is 0 Å². The van der Waals surface area contributed by atoms with Gasteiger partial charge in [0.25, 0.3) is 0 Å². The Labute approximate surface area is 171 Å². The Morgan fingerprint density at radius 2 is 1.97 bits per heavy atom. The summed E-state index contributed by atoms with van der Waals surface area (Å²) in [4.78, 5) is 26.2. The molecule has 0 spiro atoms. The molecule has 0 unspecified atom stereocenters. The average molecular weight is 399 g/mol. The molecule has 0 aromatic heterocycles. The molecular weight excluding hydrogens is 370 g/mol. The number of hydrogen-bond acceptors (Lipinski definition) is 6. The van der Waals surface area contributed by atoms with Crippen LogP contribution < -0.4 is 10.1 Å². The van der Waals surface area contributed by atoms with Gasteiger partial charge < -0.3 is 19.5 Å². The zero-order valence-corrected chi connectivity index (χ0v) is 17.8. The van der Waals surface area contributed by atoms with Crippen molar-refractivity contribution in [3.8, 4) is 5.75 Å². The lowest BCUT2D eigenvalue weighted by atomic mass is 9.68. The molecule has 1 aliphatic heterocycles. The van der Waals surface area contributed by atoms with Gasteiger partial charge in [0.15, 0.2) is 5.78 Å². The van der Waals surface area contributed by atoms with Crippen molar-refractivity contribution in [1.82, 2.24) is 5.32 Å². The topological polar surface area (TPSA) is 73.9 Å². The minimum atomic E-state index is -0.486. The Morgan fingerprint density at radius 1 is 1.21 bits per heavy atom. The lowest BCUT2D eigenvalue weighted by molar-refractivity contribution is -0.140. The lowest BCUT2D eigenvalue weighted by Gasteiger charge is -2.39. The fourth-order valence-electron chi connectivity index (χ4n) is 4.16. The second kappa shape index (κ2) is 8.41. The molecule has 1 aromatic carbocycles. The van der Waals surface area contributed by atoms with Gasteiger partial charge in [0.1, 0.15) is 12.4 Å². The van der Waals surface area contributed by atoms with Crippen molar-refractivity contribution in [2.75, 3.05) is 27.4 Å². The Balaban J connectivity index is 2.10. The van der Waals surface area contributed by atoms with Crippen LogP contribution >= 0.6 is 0 Å². The molecule has 0 radical (unpaired) electrons. The van der Waals surface area contributed by atoms with Crippen LogP contribution in [0.4, 0.5) is 0 Å². The van der Waals surface area contributed by atoms with Gasteiger partial charge >= 0.3 is 5.97 Å². The summed E-state index contributed by atoms with van der Waals surface area (Å²) >= 11 is 0. The van der Waals surface area contributed by atoms with Gasteiger partial charge in [0.05, 0.1) is 19.3 Å². The highest BCUT2D eigenvalue weighted by Crippen LogP contribution is 2.47. The molecule has 1 aliphatic carbocycles. The molecule has 0 saturated carbocycles. The van der Waals surface area contributed by atoms with Crippen LogP contribution in [0.5, 0.6) is 5.75 Å². The number of dihydropyridines is 1. The highest BCUT2D eigenvalue weighted by atomic mass is 16.6. The van der Waals surface area contributed by atoms with Crippen LogP contribution in [0.15, 0.2) is 46.8 Å². The molecule has 1 N–H and O–H groups in total. The van der Waals surface area contributed by atoms with E-state index < -0.39 is 11.9 Å². The first kappa shape index (κ1) is 21.1. The molecule has 156 valence electrons. The lowest BCUT2D eigenvalue weighted by Crippen LogP contribution is -2.38. The van der Waals surface area contributed by atoms with Gasteiger partial charge in [-0.05, 0) is 36.5 Å². The molecule has 1 heterocycles. The minimum Gasteiger partial charge on any atom is -0.497 e. The standard InChI is InChI=1S/C23H29NO5/c1-14-19(22(26)29-10-9-27-4)20(15-7-6-8-16(11-15)28-5)21-17(24-14)12-23(2,3)13-18(21)25/h6-8,11,20,24H,9-10,12-13H2,1-5H3/t20-/m0/s1. The molecule has 6 nitrogen and oxygen atoms in total. The van der Waals surface area contributed by atoms with Gasteiger partial charge in [-0.2, -0.15) is 0 Å². The number of esters is 1. The smallest absolute Gasteiger partial charge is 0.336 e. The maximum absolute atomic E-state index is 13.2. The summed E-state index contributed by atoms with van der Waals surface area (Å²) in [5.41, 5.74) is 3.43. The zero-order chi connectivity index (χ0) is 21.2. The third-order valence-electron chi connectivity index (χ3n) is 5.41. The molecule has 1 atom stereocenters. The molecule has 29 heavy (non-hydrogen) atoms. The summed E-state index contributed by atoms with van der Waals surface area (Å²) in [7, 11) is 3.15.